The van der Waals surface area contributed by atoms with Gasteiger partial charge in [-0.05, 0) is 31.2 Å². The highest BCUT2D eigenvalue weighted by atomic mass is 19.1. The van der Waals surface area contributed by atoms with Crippen molar-refractivity contribution in [1.29, 1.82) is 0 Å². The Kier molecular flexibility index (Phi) is 4.56. The average molecular weight is 359 g/mol. The van der Waals surface area contributed by atoms with Crippen molar-refractivity contribution in [3.8, 4) is 11.3 Å². The van der Waals surface area contributed by atoms with Gasteiger partial charge < -0.3 is 4.57 Å². The van der Waals surface area contributed by atoms with Crippen molar-refractivity contribution in [2.45, 2.75) is 26.7 Å². The molecule has 0 fully saturated rings. The molecule has 1 radical (unpaired) electrons. The summed E-state index contributed by atoms with van der Waals surface area (Å²) in [6, 6.07) is 13.0. The smallest absolute Gasteiger partial charge is 0.148 e. The predicted molar refractivity (Wildman–Crippen MR) is 108 cm³/mol. The molecule has 4 aromatic rings. The molecule has 2 heterocycles. The van der Waals surface area contributed by atoms with Gasteiger partial charge >= 0.3 is 0 Å². The summed E-state index contributed by atoms with van der Waals surface area (Å²) in [6.07, 6.45) is 2.50. The van der Waals surface area contributed by atoms with Crippen LogP contribution in [-0.4, -0.2) is 26.6 Å². The first-order chi connectivity index (χ1) is 13.1. The highest BCUT2D eigenvalue weighted by molar-refractivity contribution is 6.52. The molecular weight excluding hydrogens is 338 g/mol. The minimum absolute atomic E-state index is 0.246. The van der Waals surface area contributed by atoms with E-state index >= 15 is 0 Å². The Labute approximate surface area is 158 Å². The van der Waals surface area contributed by atoms with E-state index in [0.717, 1.165) is 45.7 Å². The highest BCUT2D eigenvalue weighted by Gasteiger charge is 2.16. The van der Waals surface area contributed by atoms with Crippen LogP contribution in [0.25, 0.3) is 22.3 Å². The first kappa shape index (κ1) is 17.5. The van der Waals surface area contributed by atoms with E-state index in [4.69, 9.17) is 4.98 Å². The number of imidazole rings is 1. The summed E-state index contributed by atoms with van der Waals surface area (Å²) in [7, 11) is 3.96. The van der Waals surface area contributed by atoms with Crippen molar-refractivity contribution < 1.29 is 4.39 Å². The van der Waals surface area contributed by atoms with Crippen molar-refractivity contribution in [2.24, 2.45) is 7.05 Å². The molecule has 6 heteroatoms. The summed E-state index contributed by atoms with van der Waals surface area (Å²) < 4.78 is 17.8. The second-order valence-corrected chi connectivity index (χ2v) is 6.64. The second-order valence-electron chi connectivity index (χ2n) is 6.64. The Balaban J connectivity index is 1.79. The molecule has 0 saturated carbocycles. The third-order valence-corrected chi connectivity index (χ3v) is 4.96. The second kappa shape index (κ2) is 7.03. The molecule has 27 heavy (non-hydrogen) atoms. The summed E-state index contributed by atoms with van der Waals surface area (Å²) in [4.78, 5) is 4.88. The van der Waals surface area contributed by atoms with Gasteiger partial charge in [-0.3, -0.25) is 4.68 Å². The Morgan fingerprint density at radius 2 is 2.00 bits per heavy atom. The van der Waals surface area contributed by atoms with Crippen molar-refractivity contribution in [2.75, 3.05) is 0 Å². The summed E-state index contributed by atoms with van der Waals surface area (Å²) in [6.45, 7) is 5.00. The van der Waals surface area contributed by atoms with E-state index in [-0.39, 0.29) is 5.82 Å². The summed E-state index contributed by atoms with van der Waals surface area (Å²) >= 11 is 0. The van der Waals surface area contributed by atoms with Crippen molar-refractivity contribution in [1.82, 2.24) is 19.3 Å². The topological polar surface area (TPSA) is 35.6 Å². The van der Waals surface area contributed by atoms with Gasteiger partial charge in [0.1, 0.15) is 18.9 Å². The number of fused-ring (bicyclic) bond motifs is 1. The summed E-state index contributed by atoms with van der Waals surface area (Å²) in [5.74, 6) is 0.746. The molecule has 0 atom stereocenters. The van der Waals surface area contributed by atoms with Crippen LogP contribution in [0.1, 0.15) is 18.3 Å². The molecule has 0 amide bonds. The highest BCUT2D eigenvalue weighted by Crippen LogP contribution is 2.27. The van der Waals surface area contributed by atoms with Gasteiger partial charge in [-0.2, -0.15) is 5.10 Å². The van der Waals surface area contributed by atoms with E-state index in [1.807, 2.05) is 26.1 Å². The lowest BCUT2D eigenvalue weighted by atomic mass is 9.73. The standard InChI is InChI=1S/C21H21BFN4/c1-4-27-19-9-8-16(22-2)12-18(19)25-20(27)11-15-13-24-26(3)21(15)14-6-5-7-17(23)10-14/h5-10,12-13H,4,11H2,1-3H3. The van der Waals surface area contributed by atoms with E-state index in [1.54, 1.807) is 16.8 Å². The molecule has 0 spiro atoms. The lowest BCUT2D eigenvalue weighted by molar-refractivity contribution is 0.628. The zero-order valence-corrected chi connectivity index (χ0v) is 15.8. The summed E-state index contributed by atoms with van der Waals surface area (Å²) in [5, 5.41) is 4.41. The maximum atomic E-state index is 13.7. The molecule has 4 rings (SSSR count). The van der Waals surface area contributed by atoms with Crippen LogP contribution >= 0.6 is 0 Å². The van der Waals surface area contributed by atoms with E-state index in [9.17, 15) is 4.39 Å². The Bertz CT molecular complexity index is 1110. The number of rotatable bonds is 5. The number of aromatic nitrogens is 4. The van der Waals surface area contributed by atoms with Crippen molar-refractivity contribution in [3.05, 3.63) is 65.9 Å². The molecule has 0 unspecified atom stereocenters. The Morgan fingerprint density at radius 3 is 2.74 bits per heavy atom. The van der Waals surface area contributed by atoms with Crippen LogP contribution in [0.15, 0.2) is 48.7 Å². The van der Waals surface area contributed by atoms with Gasteiger partial charge in [0.25, 0.3) is 0 Å². The van der Waals surface area contributed by atoms with Crippen LogP contribution in [0.3, 0.4) is 0 Å². The predicted octanol–water partition coefficient (Wildman–Crippen LogP) is 3.56. The maximum Gasteiger partial charge on any atom is 0.148 e. The van der Waals surface area contributed by atoms with Crippen molar-refractivity contribution in [3.63, 3.8) is 0 Å². The van der Waals surface area contributed by atoms with Gasteiger partial charge in [0.15, 0.2) is 0 Å². The van der Waals surface area contributed by atoms with E-state index in [1.165, 1.54) is 6.07 Å². The SMILES string of the molecule is C[B]c1ccc2c(c1)nc(Cc1cnn(C)c1-c1cccc(F)c1)n2CC. The van der Waals surface area contributed by atoms with Gasteiger partial charge in [-0.15, -0.1) is 0 Å². The van der Waals surface area contributed by atoms with Crippen molar-refractivity contribution >= 4 is 23.8 Å². The molecule has 0 N–H and O–H groups in total. The van der Waals surface area contributed by atoms with Crippen LogP contribution in [0.5, 0.6) is 0 Å². The van der Waals surface area contributed by atoms with Crippen LogP contribution in [0.2, 0.25) is 6.82 Å². The van der Waals surface area contributed by atoms with Crippen LogP contribution in [-0.2, 0) is 20.0 Å². The molecule has 0 aliphatic carbocycles. The molecule has 0 saturated heterocycles. The van der Waals surface area contributed by atoms with E-state index in [2.05, 4.69) is 42.1 Å². The lowest BCUT2D eigenvalue weighted by Gasteiger charge is -2.09. The van der Waals surface area contributed by atoms with Gasteiger partial charge in [-0.1, -0.05) is 30.5 Å². The van der Waals surface area contributed by atoms with E-state index in [0.29, 0.717) is 6.42 Å². The first-order valence-electron chi connectivity index (χ1n) is 9.16. The normalized spacial score (nSPS) is 11.3. The quantitative estimate of drug-likeness (QED) is 0.511. The first-order valence-corrected chi connectivity index (χ1v) is 9.16. The lowest BCUT2D eigenvalue weighted by Crippen LogP contribution is -2.09. The minimum Gasteiger partial charge on any atom is -0.328 e. The summed E-state index contributed by atoms with van der Waals surface area (Å²) in [5.41, 5.74) is 6.08. The third-order valence-electron chi connectivity index (χ3n) is 4.96. The van der Waals surface area contributed by atoms with Gasteiger partial charge in [0, 0.05) is 31.1 Å². The van der Waals surface area contributed by atoms with Gasteiger partial charge in [0.2, 0.25) is 0 Å². The average Bonchev–Trinajstić information content (AvgIpc) is 3.20. The van der Waals surface area contributed by atoms with Crippen LogP contribution in [0.4, 0.5) is 4.39 Å². The molecular formula is C21H21BFN4. The van der Waals surface area contributed by atoms with Gasteiger partial charge in [0.05, 0.1) is 22.9 Å². The molecule has 4 nitrogen and oxygen atoms in total. The monoisotopic (exact) mass is 359 g/mol. The molecule has 2 aromatic carbocycles. The van der Waals surface area contributed by atoms with Crippen LogP contribution < -0.4 is 5.46 Å². The molecule has 0 aliphatic heterocycles. The third kappa shape index (κ3) is 3.16. The molecule has 2 aromatic heterocycles. The number of hydrogen-bond acceptors (Lipinski definition) is 2. The molecule has 135 valence electrons. The minimum atomic E-state index is -0.246. The zero-order valence-electron chi connectivity index (χ0n) is 15.8. The largest absolute Gasteiger partial charge is 0.328 e. The maximum absolute atomic E-state index is 13.7. The number of halogens is 1. The molecule has 0 aliphatic rings. The number of aryl methyl sites for hydroxylation is 2. The zero-order chi connectivity index (χ0) is 19.0. The number of benzene rings is 2. The fourth-order valence-corrected chi connectivity index (χ4v) is 3.65. The Morgan fingerprint density at radius 1 is 1.15 bits per heavy atom. The van der Waals surface area contributed by atoms with E-state index < -0.39 is 0 Å². The van der Waals surface area contributed by atoms with Gasteiger partial charge in [-0.25, -0.2) is 9.37 Å². The number of nitrogens with zero attached hydrogens (tertiary/aromatic N) is 4. The Hall–Kier alpha value is -2.89. The fraction of sp³-hybridized carbons (Fsp3) is 0.238. The number of hydrogen-bond donors (Lipinski definition) is 0. The van der Waals surface area contributed by atoms with Crippen LogP contribution in [0, 0.1) is 5.82 Å². The fourth-order valence-electron chi connectivity index (χ4n) is 3.65. The molecule has 0 bridgehead atoms.